The van der Waals surface area contributed by atoms with Crippen LogP contribution in [0.15, 0.2) is 16.5 Å². The molecule has 0 fully saturated rings. The van der Waals surface area contributed by atoms with E-state index < -0.39 is 30.3 Å². The standard InChI is InChI=1S/C11H13NO6/c1-2-6-3-4-8(18-6)10(15)12-7(11(16)17)5-9(13)14/h3-4,7H,2,5H2,1H3,(H,12,15)(H,13,14)(H,16,17)/t7-/m0/s1. The number of furan rings is 1. The van der Waals surface area contributed by atoms with Crippen LogP contribution < -0.4 is 5.32 Å². The van der Waals surface area contributed by atoms with Gasteiger partial charge < -0.3 is 19.9 Å². The van der Waals surface area contributed by atoms with Gasteiger partial charge >= 0.3 is 11.9 Å². The summed E-state index contributed by atoms with van der Waals surface area (Å²) in [5, 5.41) is 19.4. The lowest BCUT2D eigenvalue weighted by atomic mass is 10.2. The van der Waals surface area contributed by atoms with Crippen LogP contribution in [0.5, 0.6) is 0 Å². The van der Waals surface area contributed by atoms with Crippen molar-refractivity contribution in [2.45, 2.75) is 25.8 Å². The third-order valence-corrected chi connectivity index (χ3v) is 2.22. The second kappa shape index (κ2) is 5.85. The zero-order valence-electron chi connectivity index (χ0n) is 9.67. The quantitative estimate of drug-likeness (QED) is 0.681. The molecule has 0 aliphatic heterocycles. The van der Waals surface area contributed by atoms with E-state index >= 15 is 0 Å². The van der Waals surface area contributed by atoms with Crippen molar-refractivity contribution in [3.05, 3.63) is 23.7 Å². The van der Waals surface area contributed by atoms with Crippen molar-refractivity contribution in [1.29, 1.82) is 0 Å². The summed E-state index contributed by atoms with van der Waals surface area (Å²) in [7, 11) is 0. The van der Waals surface area contributed by atoms with Gasteiger partial charge in [-0.3, -0.25) is 9.59 Å². The molecule has 0 radical (unpaired) electrons. The van der Waals surface area contributed by atoms with Crippen LogP contribution in [0, 0.1) is 0 Å². The lowest BCUT2D eigenvalue weighted by molar-refractivity contribution is -0.145. The fraction of sp³-hybridized carbons (Fsp3) is 0.364. The first kappa shape index (κ1) is 13.8. The molecule has 1 atom stereocenters. The number of rotatable bonds is 6. The van der Waals surface area contributed by atoms with Gasteiger partial charge in [-0.2, -0.15) is 0 Å². The summed E-state index contributed by atoms with van der Waals surface area (Å²) in [6.45, 7) is 1.84. The number of hydrogen-bond donors (Lipinski definition) is 3. The van der Waals surface area contributed by atoms with E-state index in [1.165, 1.54) is 6.07 Å². The van der Waals surface area contributed by atoms with Crippen molar-refractivity contribution < 1.29 is 29.0 Å². The van der Waals surface area contributed by atoms with Crippen LogP contribution in [0.1, 0.15) is 29.7 Å². The van der Waals surface area contributed by atoms with E-state index in [-0.39, 0.29) is 5.76 Å². The van der Waals surface area contributed by atoms with Gasteiger partial charge in [0.05, 0.1) is 6.42 Å². The van der Waals surface area contributed by atoms with Gasteiger partial charge in [0, 0.05) is 6.42 Å². The predicted molar refractivity (Wildman–Crippen MR) is 59.2 cm³/mol. The van der Waals surface area contributed by atoms with Gasteiger partial charge in [-0.05, 0) is 12.1 Å². The minimum atomic E-state index is -1.48. The molecule has 0 bridgehead atoms. The average molecular weight is 255 g/mol. The van der Waals surface area contributed by atoms with Crippen molar-refractivity contribution in [2.75, 3.05) is 0 Å². The molecule has 1 aromatic heterocycles. The fourth-order valence-electron chi connectivity index (χ4n) is 1.29. The molecule has 1 heterocycles. The van der Waals surface area contributed by atoms with Crippen molar-refractivity contribution in [2.24, 2.45) is 0 Å². The number of nitrogens with one attached hydrogen (secondary N) is 1. The maximum atomic E-state index is 11.6. The third-order valence-electron chi connectivity index (χ3n) is 2.22. The SMILES string of the molecule is CCc1ccc(C(=O)N[C@@H](CC(=O)O)C(=O)O)o1. The molecule has 7 nitrogen and oxygen atoms in total. The van der Waals surface area contributed by atoms with Gasteiger partial charge in [-0.1, -0.05) is 6.92 Å². The molecule has 3 N–H and O–H groups in total. The summed E-state index contributed by atoms with van der Waals surface area (Å²) in [6, 6.07) is 1.53. The van der Waals surface area contributed by atoms with Crippen molar-refractivity contribution in [1.82, 2.24) is 5.32 Å². The van der Waals surface area contributed by atoms with E-state index in [1.54, 1.807) is 6.07 Å². The third kappa shape index (κ3) is 3.62. The highest BCUT2D eigenvalue weighted by molar-refractivity contribution is 5.95. The van der Waals surface area contributed by atoms with E-state index in [0.717, 1.165) is 0 Å². The molecule has 0 unspecified atom stereocenters. The molecule has 98 valence electrons. The fourth-order valence-corrected chi connectivity index (χ4v) is 1.29. The Morgan fingerprint density at radius 1 is 1.33 bits per heavy atom. The zero-order chi connectivity index (χ0) is 13.7. The lowest BCUT2D eigenvalue weighted by Gasteiger charge is -2.10. The lowest BCUT2D eigenvalue weighted by Crippen LogP contribution is -2.42. The summed E-state index contributed by atoms with van der Waals surface area (Å²) in [5.41, 5.74) is 0. The van der Waals surface area contributed by atoms with Gasteiger partial charge in [0.1, 0.15) is 11.8 Å². The Hall–Kier alpha value is -2.31. The summed E-state index contributed by atoms with van der Waals surface area (Å²) >= 11 is 0. The minimum absolute atomic E-state index is 0.0384. The molecule has 1 aromatic rings. The van der Waals surface area contributed by atoms with Crippen molar-refractivity contribution >= 4 is 17.8 Å². The Morgan fingerprint density at radius 3 is 2.44 bits per heavy atom. The number of carboxylic acids is 2. The topological polar surface area (TPSA) is 117 Å². The molecule has 1 amide bonds. The molecular formula is C11H13NO6. The van der Waals surface area contributed by atoms with E-state index in [9.17, 15) is 14.4 Å². The predicted octanol–water partition coefficient (Wildman–Crippen LogP) is 0.500. The van der Waals surface area contributed by atoms with Crippen LogP contribution in [0.2, 0.25) is 0 Å². The van der Waals surface area contributed by atoms with Gasteiger partial charge in [0.15, 0.2) is 5.76 Å². The van der Waals surface area contributed by atoms with Crippen LogP contribution in [0.25, 0.3) is 0 Å². The van der Waals surface area contributed by atoms with Crippen LogP contribution in [0.3, 0.4) is 0 Å². The Balaban J connectivity index is 2.71. The average Bonchev–Trinajstić information content (AvgIpc) is 2.75. The number of carbonyl (C=O) groups excluding carboxylic acids is 1. The van der Waals surface area contributed by atoms with Crippen molar-refractivity contribution in [3.8, 4) is 0 Å². The first-order valence-electron chi connectivity index (χ1n) is 5.28. The highest BCUT2D eigenvalue weighted by atomic mass is 16.4. The number of aryl methyl sites for hydroxylation is 1. The maximum absolute atomic E-state index is 11.6. The molecule has 0 spiro atoms. The van der Waals surface area contributed by atoms with E-state index in [4.69, 9.17) is 14.6 Å². The van der Waals surface area contributed by atoms with Crippen molar-refractivity contribution in [3.63, 3.8) is 0 Å². The maximum Gasteiger partial charge on any atom is 0.326 e. The minimum Gasteiger partial charge on any atom is -0.481 e. The Morgan fingerprint density at radius 2 is 2.00 bits per heavy atom. The Kier molecular flexibility index (Phi) is 4.47. The highest BCUT2D eigenvalue weighted by Crippen LogP contribution is 2.08. The highest BCUT2D eigenvalue weighted by Gasteiger charge is 2.24. The number of aliphatic carboxylic acids is 2. The zero-order valence-corrected chi connectivity index (χ0v) is 9.67. The second-order valence-corrected chi connectivity index (χ2v) is 3.58. The number of carbonyl (C=O) groups is 3. The first-order chi connectivity index (χ1) is 8.43. The first-order valence-corrected chi connectivity index (χ1v) is 5.28. The van der Waals surface area contributed by atoms with Gasteiger partial charge in [0.2, 0.25) is 0 Å². The van der Waals surface area contributed by atoms with Gasteiger partial charge in [-0.25, -0.2) is 4.79 Å². The summed E-state index contributed by atoms with van der Waals surface area (Å²) in [5.74, 6) is -2.92. The molecule has 0 aromatic carbocycles. The smallest absolute Gasteiger partial charge is 0.326 e. The molecule has 18 heavy (non-hydrogen) atoms. The van der Waals surface area contributed by atoms with E-state index in [2.05, 4.69) is 5.32 Å². The van der Waals surface area contributed by atoms with Crippen LogP contribution in [-0.2, 0) is 16.0 Å². The molecule has 0 aliphatic carbocycles. The number of carboxylic acid groups (broad SMARTS) is 2. The summed E-state index contributed by atoms with van der Waals surface area (Å²) < 4.78 is 5.13. The van der Waals surface area contributed by atoms with Gasteiger partial charge in [0.25, 0.3) is 5.91 Å². The molecule has 0 aliphatic rings. The van der Waals surface area contributed by atoms with Crippen LogP contribution in [-0.4, -0.2) is 34.1 Å². The molecule has 0 saturated heterocycles. The molecular weight excluding hydrogens is 242 g/mol. The molecule has 7 heteroatoms. The monoisotopic (exact) mass is 255 g/mol. The van der Waals surface area contributed by atoms with E-state index in [1.807, 2.05) is 6.92 Å². The summed E-state index contributed by atoms with van der Waals surface area (Å²) in [6.07, 6.45) is -0.0901. The largest absolute Gasteiger partial charge is 0.481 e. The number of hydrogen-bond acceptors (Lipinski definition) is 4. The van der Waals surface area contributed by atoms with Crippen LogP contribution in [0.4, 0.5) is 0 Å². The normalized spacial score (nSPS) is 11.8. The number of amides is 1. The molecule has 1 rings (SSSR count). The summed E-state index contributed by atoms with van der Waals surface area (Å²) in [4.78, 5) is 32.8. The molecule has 0 saturated carbocycles. The Labute approximate surface area is 102 Å². The van der Waals surface area contributed by atoms with E-state index in [0.29, 0.717) is 12.2 Å². The van der Waals surface area contributed by atoms with Gasteiger partial charge in [-0.15, -0.1) is 0 Å². The Bertz CT molecular complexity index is 464. The second-order valence-electron chi connectivity index (χ2n) is 3.58. The van der Waals surface area contributed by atoms with Crippen LogP contribution >= 0.6 is 0 Å².